The number of carbonyl (C=O) groups excluding carboxylic acids is 2. The number of rotatable bonds is 3. The molecule has 1 aromatic carbocycles. The van der Waals surface area contributed by atoms with Crippen molar-refractivity contribution in [1.82, 2.24) is 25.0 Å². The van der Waals surface area contributed by atoms with Crippen molar-refractivity contribution in [2.24, 2.45) is 7.05 Å². The number of urea groups is 1. The van der Waals surface area contributed by atoms with Gasteiger partial charge in [0.15, 0.2) is 0 Å². The zero-order chi connectivity index (χ0) is 16.9. The molecule has 0 bridgehead atoms. The SMILES string of the molecule is Cn1ncnc1CN1C(=O)NC(C)(c2ccc3c(c2)CCC3)C1=O. The fourth-order valence-electron chi connectivity index (χ4n) is 3.52. The van der Waals surface area contributed by atoms with Crippen molar-refractivity contribution in [1.29, 1.82) is 0 Å². The molecule has 0 saturated carbocycles. The summed E-state index contributed by atoms with van der Waals surface area (Å²) in [6.07, 6.45) is 4.68. The molecule has 1 aromatic heterocycles. The van der Waals surface area contributed by atoms with E-state index >= 15 is 0 Å². The van der Waals surface area contributed by atoms with Gasteiger partial charge in [0.05, 0.1) is 6.54 Å². The summed E-state index contributed by atoms with van der Waals surface area (Å²) in [7, 11) is 1.74. The topological polar surface area (TPSA) is 80.1 Å². The highest BCUT2D eigenvalue weighted by Crippen LogP contribution is 2.33. The number of hydrogen-bond acceptors (Lipinski definition) is 4. The van der Waals surface area contributed by atoms with E-state index in [-0.39, 0.29) is 12.5 Å². The largest absolute Gasteiger partial charge is 0.325 e. The van der Waals surface area contributed by atoms with E-state index in [9.17, 15) is 9.59 Å². The van der Waals surface area contributed by atoms with Crippen LogP contribution in [0.25, 0.3) is 0 Å². The van der Waals surface area contributed by atoms with E-state index in [1.165, 1.54) is 22.4 Å². The Balaban J connectivity index is 1.65. The van der Waals surface area contributed by atoms with E-state index in [2.05, 4.69) is 27.5 Å². The summed E-state index contributed by atoms with van der Waals surface area (Å²) in [6, 6.07) is 5.69. The molecule has 1 aliphatic carbocycles. The number of aromatic nitrogens is 3. The quantitative estimate of drug-likeness (QED) is 0.862. The summed E-state index contributed by atoms with van der Waals surface area (Å²) < 4.78 is 1.56. The third kappa shape index (κ3) is 2.11. The fourth-order valence-corrected chi connectivity index (χ4v) is 3.52. The van der Waals surface area contributed by atoms with E-state index in [0.29, 0.717) is 5.82 Å². The van der Waals surface area contributed by atoms with Crippen molar-refractivity contribution in [3.8, 4) is 0 Å². The first-order chi connectivity index (χ1) is 11.5. The molecule has 2 heterocycles. The van der Waals surface area contributed by atoms with Crippen LogP contribution < -0.4 is 5.32 Å². The fraction of sp³-hybridized carbons (Fsp3) is 0.412. The summed E-state index contributed by atoms with van der Waals surface area (Å²) in [5, 5.41) is 6.83. The molecule has 2 aromatic rings. The molecule has 1 atom stereocenters. The van der Waals surface area contributed by atoms with Gasteiger partial charge in [-0.25, -0.2) is 9.78 Å². The highest BCUT2D eigenvalue weighted by Gasteiger charge is 2.49. The van der Waals surface area contributed by atoms with Crippen LogP contribution in [0.1, 0.15) is 35.9 Å². The molecular formula is C17H19N5O2. The van der Waals surface area contributed by atoms with Gasteiger partial charge in [-0.15, -0.1) is 0 Å². The molecule has 1 unspecified atom stereocenters. The van der Waals surface area contributed by atoms with Gasteiger partial charge in [-0.2, -0.15) is 5.10 Å². The molecule has 2 aliphatic rings. The van der Waals surface area contributed by atoms with E-state index in [1.807, 2.05) is 6.07 Å². The molecule has 7 nitrogen and oxygen atoms in total. The Bertz CT molecular complexity index is 843. The van der Waals surface area contributed by atoms with Gasteiger partial charge < -0.3 is 5.32 Å². The van der Waals surface area contributed by atoms with Gasteiger partial charge in [0, 0.05) is 7.05 Å². The van der Waals surface area contributed by atoms with Gasteiger partial charge in [0.1, 0.15) is 17.7 Å². The molecule has 1 fully saturated rings. The van der Waals surface area contributed by atoms with Crippen LogP contribution in [0.2, 0.25) is 0 Å². The number of benzene rings is 1. The molecule has 3 amide bonds. The normalized spacial score (nSPS) is 22.8. The van der Waals surface area contributed by atoms with Crippen LogP contribution in [0.3, 0.4) is 0 Å². The third-order valence-corrected chi connectivity index (χ3v) is 5.06. The summed E-state index contributed by atoms with van der Waals surface area (Å²) in [5.41, 5.74) is 2.42. The lowest BCUT2D eigenvalue weighted by atomic mass is 9.89. The number of nitrogens with one attached hydrogen (secondary N) is 1. The number of nitrogens with zero attached hydrogens (tertiary/aromatic N) is 4. The van der Waals surface area contributed by atoms with E-state index in [4.69, 9.17) is 0 Å². The van der Waals surface area contributed by atoms with Crippen LogP contribution in [-0.4, -0.2) is 31.6 Å². The molecule has 24 heavy (non-hydrogen) atoms. The highest BCUT2D eigenvalue weighted by molar-refractivity contribution is 6.07. The minimum atomic E-state index is -1.03. The average molecular weight is 325 g/mol. The van der Waals surface area contributed by atoms with Crippen LogP contribution in [-0.2, 0) is 36.8 Å². The first-order valence-electron chi connectivity index (χ1n) is 8.08. The van der Waals surface area contributed by atoms with Gasteiger partial charge >= 0.3 is 6.03 Å². The van der Waals surface area contributed by atoms with E-state index < -0.39 is 11.6 Å². The van der Waals surface area contributed by atoms with Crippen molar-refractivity contribution in [3.63, 3.8) is 0 Å². The van der Waals surface area contributed by atoms with Crippen LogP contribution in [0.5, 0.6) is 0 Å². The summed E-state index contributed by atoms with van der Waals surface area (Å²) in [5.74, 6) is 0.310. The molecule has 4 rings (SSSR count). The number of carbonyl (C=O) groups is 2. The van der Waals surface area contributed by atoms with Gasteiger partial charge in [-0.05, 0) is 42.9 Å². The lowest BCUT2D eigenvalue weighted by molar-refractivity contribution is -0.131. The molecule has 1 N–H and O–H groups in total. The lowest BCUT2D eigenvalue weighted by Gasteiger charge is -2.23. The van der Waals surface area contributed by atoms with Gasteiger partial charge in [0.2, 0.25) is 0 Å². The first kappa shape index (κ1) is 14.9. The molecule has 1 saturated heterocycles. The van der Waals surface area contributed by atoms with Crippen molar-refractivity contribution in [2.45, 2.75) is 38.3 Å². The lowest BCUT2D eigenvalue weighted by Crippen LogP contribution is -2.41. The number of aryl methyl sites for hydroxylation is 3. The van der Waals surface area contributed by atoms with Gasteiger partial charge in [-0.3, -0.25) is 14.4 Å². The minimum absolute atomic E-state index is 0.113. The number of amides is 3. The molecule has 0 radical (unpaired) electrons. The Morgan fingerprint density at radius 3 is 2.79 bits per heavy atom. The van der Waals surface area contributed by atoms with Crippen molar-refractivity contribution in [2.75, 3.05) is 0 Å². The van der Waals surface area contributed by atoms with Gasteiger partial charge in [0.25, 0.3) is 5.91 Å². The first-order valence-corrected chi connectivity index (χ1v) is 8.08. The number of fused-ring (bicyclic) bond motifs is 1. The summed E-state index contributed by atoms with van der Waals surface area (Å²) in [4.78, 5) is 30.6. The second-order valence-electron chi connectivity index (χ2n) is 6.58. The number of imide groups is 1. The van der Waals surface area contributed by atoms with Crippen LogP contribution >= 0.6 is 0 Å². The van der Waals surface area contributed by atoms with Crippen molar-refractivity contribution < 1.29 is 9.59 Å². The van der Waals surface area contributed by atoms with Crippen LogP contribution in [0, 0.1) is 0 Å². The third-order valence-electron chi connectivity index (χ3n) is 5.06. The minimum Gasteiger partial charge on any atom is -0.319 e. The zero-order valence-electron chi connectivity index (χ0n) is 13.7. The predicted molar refractivity (Wildman–Crippen MR) is 85.9 cm³/mol. The van der Waals surface area contributed by atoms with Crippen LogP contribution in [0.4, 0.5) is 4.79 Å². The summed E-state index contributed by atoms with van der Waals surface area (Å²) >= 11 is 0. The second kappa shape index (κ2) is 5.15. The summed E-state index contributed by atoms with van der Waals surface area (Å²) in [6.45, 7) is 1.88. The highest BCUT2D eigenvalue weighted by atomic mass is 16.2. The Labute approximate surface area is 139 Å². The molecule has 1 aliphatic heterocycles. The maximum atomic E-state index is 13.0. The van der Waals surface area contributed by atoms with Crippen LogP contribution in [0.15, 0.2) is 24.5 Å². The zero-order valence-corrected chi connectivity index (χ0v) is 13.7. The standard InChI is InChI=1S/C17H19N5O2/c1-17(13-7-6-11-4-3-5-12(11)8-13)15(23)22(16(24)20-17)9-14-18-10-19-21(14)2/h6-8,10H,3-5,9H2,1-2H3,(H,20,24). The Morgan fingerprint density at radius 1 is 1.25 bits per heavy atom. The average Bonchev–Trinajstić information content (AvgIpc) is 3.23. The molecule has 7 heteroatoms. The molecule has 124 valence electrons. The van der Waals surface area contributed by atoms with Gasteiger partial charge in [-0.1, -0.05) is 18.2 Å². The Hall–Kier alpha value is -2.70. The predicted octanol–water partition coefficient (Wildman–Crippen LogP) is 1.27. The monoisotopic (exact) mass is 325 g/mol. The maximum absolute atomic E-state index is 13.0. The maximum Gasteiger partial charge on any atom is 0.325 e. The smallest absolute Gasteiger partial charge is 0.319 e. The number of hydrogen-bond donors (Lipinski definition) is 1. The van der Waals surface area contributed by atoms with Crippen molar-refractivity contribution >= 4 is 11.9 Å². The Morgan fingerprint density at radius 2 is 2.04 bits per heavy atom. The second-order valence-corrected chi connectivity index (χ2v) is 6.58. The van der Waals surface area contributed by atoms with E-state index in [0.717, 1.165) is 24.8 Å². The molecular weight excluding hydrogens is 306 g/mol. The molecule has 0 spiro atoms. The Kier molecular flexibility index (Phi) is 3.19. The van der Waals surface area contributed by atoms with E-state index in [1.54, 1.807) is 18.7 Å². The van der Waals surface area contributed by atoms with Crippen molar-refractivity contribution in [3.05, 3.63) is 47.0 Å².